The van der Waals surface area contributed by atoms with E-state index in [9.17, 15) is 14.4 Å². The van der Waals surface area contributed by atoms with E-state index in [1.54, 1.807) is 0 Å². The minimum absolute atomic E-state index is 0.0642. The van der Waals surface area contributed by atoms with E-state index in [-0.39, 0.29) is 31.1 Å². The van der Waals surface area contributed by atoms with E-state index < -0.39 is 6.10 Å². The van der Waals surface area contributed by atoms with Gasteiger partial charge < -0.3 is 14.2 Å². The lowest BCUT2D eigenvalue weighted by molar-refractivity contribution is -0.167. The fraction of sp³-hybridized carbons (Fsp3) is 0.944. The topological polar surface area (TPSA) is 78.9 Å². The molecule has 0 aromatic heterocycles. The molecule has 0 aromatic rings. The van der Waals surface area contributed by atoms with Crippen LogP contribution in [-0.2, 0) is 28.6 Å². The van der Waals surface area contributed by atoms with Crippen molar-refractivity contribution >= 4 is 17.9 Å². The Hall–Kier alpha value is -1.59. The Kier molecular flexibility index (Phi) is 45.7. The Morgan fingerprint density at radius 1 is 0.317 bits per heavy atom. The Morgan fingerprint density at radius 2 is 0.550 bits per heavy atom. The molecule has 0 aromatic carbocycles. The van der Waals surface area contributed by atoms with Crippen LogP contribution < -0.4 is 0 Å². The van der Waals surface area contributed by atoms with E-state index in [1.165, 1.54) is 186 Å². The van der Waals surface area contributed by atoms with Crippen LogP contribution in [0.15, 0.2) is 0 Å². The molecule has 0 bridgehead atoms. The summed E-state index contributed by atoms with van der Waals surface area (Å²) in [5, 5.41) is 0. The molecular formula is C54H104O6. The van der Waals surface area contributed by atoms with Gasteiger partial charge in [-0.1, -0.05) is 259 Å². The number of unbranched alkanes of at least 4 members (excludes halogenated alkanes) is 33. The van der Waals surface area contributed by atoms with Crippen molar-refractivity contribution < 1.29 is 28.6 Å². The van der Waals surface area contributed by atoms with Crippen molar-refractivity contribution in [3.05, 3.63) is 0 Å². The Morgan fingerprint density at radius 3 is 0.817 bits per heavy atom. The fourth-order valence-corrected chi connectivity index (χ4v) is 8.17. The summed E-state index contributed by atoms with van der Waals surface area (Å²) in [6.07, 6.45) is 48.2. The van der Waals surface area contributed by atoms with E-state index in [0.29, 0.717) is 19.3 Å². The van der Waals surface area contributed by atoms with Gasteiger partial charge in [0.15, 0.2) is 6.10 Å². The first kappa shape index (κ1) is 58.4. The maximum atomic E-state index is 12.8. The number of hydrogen-bond donors (Lipinski definition) is 0. The first-order valence-electron chi connectivity index (χ1n) is 26.7. The molecule has 0 aliphatic carbocycles. The fourth-order valence-electron chi connectivity index (χ4n) is 8.17. The maximum Gasteiger partial charge on any atom is 0.306 e. The molecule has 6 heteroatoms. The van der Waals surface area contributed by atoms with E-state index in [0.717, 1.165) is 69.6 Å². The average molecular weight is 849 g/mol. The lowest BCUT2D eigenvalue weighted by atomic mass is 10.0. The second kappa shape index (κ2) is 46.9. The zero-order chi connectivity index (χ0) is 44.0. The highest BCUT2D eigenvalue weighted by Gasteiger charge is 2.19. The number of carbonyl (C=O) groups excluding carboxylic acids is 3. The van der Waals surface area contributed by atoms with Gasteiger partial charge in [0.25, 0.3) is 0 Å². The molecule has 6 nitrogen and oxygen atoms in total. The Bertz CT molecular complexity index is 916. The molecule has 0 heterocycles. The highest BCUT2D eigenvalue weighted by Crippen LogP contribution is 2.17. The summed E-state index contributed by atoms with van der Waals surface area (Å²) in [7, 11) is 0. The van der Waals surface area contributed by atoms with Gasteiger partial charge in [-0.05, 0) is 31.1 Å². The molecule has 0 unspecified atom stereocenters. The third-order valence-electron chi connectivity index (χ3n) is 12.2. The van der Waals surface area contributed by atoms with Crippen LogP contribution in [0, 0.1) is 11.8 Å². The Balaban J connectivity index is 4.24. The number of hydrogen-bond acceptors (Lipinski definition) is 6. The van der Waals surface area contributed by atoms with E-state index in [4.69, 9.17) is 14.2 Å². The van der Waals surface area contributed by atoms with Crippen molar-refractivity contribution in [2.24, 2.45) is 11.8 Å². The summed E-state index contributed by atoms with van der Waals surface area (Å²) < 4.78 is 16.8. The van der Waals surface area contributed by atoms with Crippen molar-refractivity contribution in [1.29, 1.82) is 0 Å². The number of ether oxygens (including phenoxy) is 3. The highest BCUT2D eigenvalue weighted by molar-refractivity contribution is 5.71. The average Bonchev–Trinajstić information content (AvgIpc) is 3.22. The molecule has 0 amide bonds. The number of carbonyl (C=O) groups is 3. The first-order chi connectivity index (χ1) is 29.2. The monoisotopic (exact) mass is 849 g/mol. The minimum Gasteiger partial charge on any atom is -0.462 e. The molecule has 0 aliphatic rings. The van der Waals surface area contributed by atoms with E-state index in [1.807, 2.05) is 0 Å². The lowest BCUT2D eigenvalue weighted by Gasteiger charge is -2.18. The zero-order valence-corrected chi connectivity index (χ0v) is 41.1. The van der Waals surface area contributed by atoms with Crippen LogP contribution in [0.5, 0.6) is 0 Å². The third kappa shape index (κ3) is 47.5. The third-order valence-corrected chi connectivity index (χ3v) is 12.2. The van der Waals surface area contributed by atoms with Crippen LogP contribution in [0.4, 0.5) is 0 Å². The smallest absolute Gasteiger partial charge is 0.306 e. The summed E-state index contributed by atoms with van der Waals surface area (Å²) in [5.74, 6) is 0.752. The molecule has 0 N–H and O–H groups in total. The zero-order valence-electron chi connectivity index (χ0n) is 41.1. The summed E-state index contributed by atoms with van der Waals surface area (Å²) in [6, 6.07) is 0. The minimum atomic E-state index is -0.762. The van der Waals surface area contributed by atoms with E-state index >= 15 is 0 Å². The number of esters is 3. The van der Waals surface area contributed by atoms with E-state index in [2.05, 4.69) is 34.6 Å². The number of rotatable bonds is 48. The van der Waals surface area contributed by atoms with Crippen LogP contribution in [0.1, 0.15) is 298 Å². The molecule has 0 fully saturated rings. The molecule has 0 saturated heterocycles. The quantitative estimate of drug-likeness (QED) is 0.0345. The normalized spacial score (nSPS) is 12.1. The van der Waals surface area contributed by atoms with Crippen LogP contribution in [0.2, 0.25) is 0 Å². The van der Waals surface area contributed by atoms with Crippen LogP contribution >= 0.6 is 0 Å². The van der Waals surface area contributed by atoms with Crippen LogP contribution in [0.25, 0.3) is 0 Å². The second-order valence-electron chi connectivity index (χ2n) is 19.5. The van der Waals surface area contributed by atoms with Gasteiger partial charge in [0.1, 0.15) is 13.2 Å². The van der Waals surface area contributed by atoms with Gasteiger partial charge in [-0.25, -0.2) is 0 Å². The Labute approximate surface area is 374 Å². The molecule has 60 heavy (non-hydrogen) atoms. The molecule has 0 radical (unpaired) electrons. The molecule has 0 aliphatic heterocycles. The summed E-state index contributed by atoms with van der Waals surface area (Å²) in [6.45, 7) is 11.3. The summed E-state index contributed by atoms with van der Waals surface area (Å²) >= 11 is 0. The van der Waals surface area contributed by atoms with Crippen molar-refractivity contribution in [3.63, 3.8) is 0 Å². The van der Waals surface area contributed by atoms with Gasteiger partial charge in [0.05, 0.1) is 0 Å². The summed E-state index contributed by atoms with van der Waals surface area (Å²) in [5.41, 5.74) is 0. The van der Waals surface area contributed by atoms with Crippen molar-refractivity contribution in [1.82, 2.24) is 0 Å². The standard InChI is InChI=1S/C54H104O6/c1-6-7-8-9-10-11-12-13-14-15-16-17-18-19-20-23-29-34-39-44-52(55)58-47-51(48-59-53(56)45-40-35-30-26-25-28-33-38-43-50(4)5)60-54(57)46-41-36-31-24-21-22-27-32-37-42-49(2)3/h49-51H,6-48H2,1-5H3/t51-/m1/s1. The van der Waals surface area contributed by atoms with Gasteiger partial charge in [-0.15, -0.1) is 0 Å². The molecule has 0 saturated carbocycles. The van der Waals surface area contributed by atoms with Crippen LogP contribution in [-0.4, -0.2) is 37.2 Å². The molecule has 0 rings (SSSR count). The molecule has 356 valence electrons. The first-order valence-corrected chi connectivity index (χ1v) is 26.7. The second-order valence-corrected chi connectivity index (χ2v) is 19.5. The van der Waals surface area contributed by atoms with Gasteiger partial charge >= 0.3 is 17.9 Å². The predicted molar refractivity (Wildman–Crippen MR) is 256 cm³/mol. The van der Waals surface area contributed by atoms with Gasteiger partial charge in [0, 0.05) is 19.3 Å². The molecule has 1 atom stereocenters. The highest BCUT2D eigenvalue weighted by atomic mass is 16.6. The van der Waals surface area contributed by atoms with Gasteiger partial charge in [-0.3, -0.25) is 14.4 Å². The summed E-state index contributed by atoms with van der Waals surface area (Å²) in [4.78, 5) is 37.9. The maximum absolute atomic E-state index is 12.8. The van der Waals surface area contributed by atoms with Crippen molar-refractivity contribution in [2.45, 2.75) is 304 Å². The SMILES string of the molecule is CCCCCCCCCCCCCCCCCCCCCC(=O)OC[C@H](COC(=O)CCCCCCCCCCC(C)C)OC(=O)CCCCCCCCCCCC(C)C. The predicted octanol–water partition coefficient (Wildman–Crippen LogP) is 17.3. The van der Waals surface area contributed by atoms with Gasteiger partial charge in [0.2, 0.25) is 0 Å². The van der Waals surface area contributed by atoms with Crippen molar-refractivity contribution in [2.75, 3.05) is 13.2 Å². The lowest BCUT2D eigenvalue weighted by Crippen LogP contribution is -2.30. The van der Waals surface area contributed by atoms with Crippen LogP contribution in [0.3, 0.4) is 0 Å². The van der Waals surface area contributed by atoms with Crippen molar-refractivity contribution in [3.8, 4) is 0 Å². The molecule has 0 spiro atoms. The molecular weight excluding hydrogens is 745 g/mol. The van der Waals surface area contributed by atoms with Gasteiger partial charge in [-0.2, -0.15) is 0 Å². The largest absolute Gasteiger partial charge is 0.462 e.